The third-order valence-electron chi connectivity index (χ3n) is 4.26. The van der Waals surface area contributed by atoms with Crippen LogP contribution in [0.1, 0.15) is 25.0 Å². The number of hydrogen-bond acceptors (Lipinski definition) is 4. The van der Waals surface area contributed by atoms with Gasteiger partial charge in [0.25, 0.3) is 5.91 Å². The van der Waals surface area contributed by atoms with Crippen LogP contribution in [-0.4, -0.2) is 22.3 Å². The summed E-state index contributed by atoms with van der Waals surface area (Å²) in [5.74, 6) is 1.44. The predicted octanol–water partition coefficient (Wildman–Crippen LogP) is 4.49. The van der Waals surface area contributed by atoms with E-state index < -0.39 is 0 Å². The molecule has 1 amide bonds. The van der Waals surface area contributed by atoms with E-state index in [0.29, 0.717) is 34.6 Å². The number of pyridine rings is 1. The number of aromatic nitrogens is 1. The fourth-order valence-electron chi connectivity index (χ4n) is 2.96. The molecule has 0 bridgehead atoms. The molecule has 1 aliphatic heterocycles. The third kappa shape index (κ3) is 3.30. The van der Waals surface area contributed by atoms with Crippen LogP contribution in [0.25, 0.3) is 5.70 Å². The molecule has 1 aromatic carbocycles. The Labute approximate surface area is 157 Å². The summed E-state index contributed by atoms with van der Waals surface area (Å²) in [6.45, 7) is 10.5. The van der Waals surface area contributed by atoms with Gasteiger partial charge in [0.1, 0.15) is 16.6 Å². The highest BCUT2D eigenvalue weighted by Crippen LogP contribution is 2.34. The zero-order valence-electron chi connectivity index (χ0n) is 15.0. The highest BCUT2D eigenvalue weighted by Gasteiger charge is 2.27. The lowest BCUT2D eigenvalue weighted by Gasteiger charge is -2.34. The Kier molecular flexibility index (Phi) is 5.00. The van der Waals surface area contributed by atoms with E-state index in [1.54, 1.807) is 18.3 Å². The Balaban J connectivity index is 1.99. The first kappa shape index (κ1) is 18.0. The standard InChI is InChI=1S/C20H20ClN3O2/c1-5-24-14(4)23-19(25)13(3)18(24)16-9-8-15(11-12(16)2)26-20-17(21)7-6-10-22-20/h6-11H,4-5H2,1-3H3,(H,23,25). The van der Waals surface area contributed by atoms with E-state index in [0.717, 1.165) is 16.8 Å². The van der Waals surface area contributed by atoms with E-state index in [-0.39, 0.29) is 5.91 Å². The van der Waals surface area contributed by atoms with Crippen LogP contribution in [0.2, 0.25) is 5.02 Å². The molecule has 5 nitrogen and oxygen atoms in total. The molecule has 0 saturated heterocycles. The van der Waals surface area contributed by atoms with Crippen molar-refractivity contribution in [2.75, 3.05) is 6.54 Å². The fraction of sp³-hybridized carbons (Fsp3) is 0.200. The normalized spacial score (nSPS) is 14.5. The molecule has 2 heterocycles. The van der Waals surface area contributed by atoms with E-state index in [1.807, 2.05) is 43.9 Å². The van der Waals surface area contributed by atoms with Gasteiger partial charge in [0.2, 0.25) is 5.88 Å². The number of carbonyl (C=O) groups excluding carboxylic acids is 1. The minimum Gasteiger partial charge on any atom is -0.438 e. The summed E-state index contributed by atoms with van der Waals surface area (Å²) in [5.41, 5.74) is 3.45. The number of nitrogens with zero attached hydrogens (tertiary/aromatic N) is 2. The van der Waals surface area contributed by atoms with Crippen LogP contribution in [0.3, 0.4) is 0 Å². The second-order valence-corrected chi connectivity index (χ2v) is 6.40. The van der Waals surface area contributed by atoms with Gasteiger partial charge in [-0.3, -0.25) is 4.79 Å². The number of rotatable bonds is 4. The highest BCUT2D eigenvalue weighted by molar-refractivity contribution is 6.31. The lowest BCUT2D eigenvalue weighted by atomic mass is 9.98. The third-order valence-corrected chi connectivity index (χ3v) is 4.55. The van der Waals surface area contributed by atoms with Crippen LogP contribution in [-0.2, 0) is 4.79 Å². The number of aryl methyl sites for hydroxylation is 1. The Morgan fingerprint density at radius 1 is 1.31 bits per heavy atom. The summed E-state index contributed by atoms with van der Waals surface area (Å²) in [5, 5.41) is 3.24. The van der Waals surface area contributed by atoms with Crippen molar-refractivity contribution >= 4 is 23.2 Å². The molecular weight excluding hydrogens is 350 g/mol. The average molecular weight is 370 g/mol. The summed E-state index contributed by atoms with van der Waals surface area (Å²) >= 11 is 6.10. The zero-order valence-corrected chi connectivity index (χ0v) is 15.7. The van der Waals surface area contributed by atoms with E-state index in [4.69, 9.17) is 16.3 Å². The van der Waals surface area contributed by atoms with E-state index in [9.17, 15) is 4.79 Å². The van der Waals surface area contributed by atoms with Gasteiger partial charge in [-0.15, -0.1) is 0 Å². The second-order valence-electron chi connectivity index (χ2n) is 5.99. The lowest BCUT2D eigenvalue weighted by molar-refractivity contribution is -0.117. The van der Waals surface area contributed by atoms with E-state index >= 15 is 0 Å². The maximum absolute atomic E-state index is 12.2. The van der Waals surface area contributed by atoms with Crippen LogP contribution in [0.4, 0.5) is 0 Å². The Bertz CT molecular complexity index is 921. The van der Waals surface area contributed by atoms with Crippen molar-refractivity contribution in [3.63, 3.8) is 0 Å². The molecule has 0 atom stereocenters. The van der Waals surface area contributed by atoms with Gasteiger partial charge in [-0.25, -0.2) is 4.98 Å². The quantitative estimate of drug-likeness (QED) is 0.862. The van der Waals surface area contributed by atoms with Crippen LogP contribution < -0.4 is 10.1 Å². The minimum atomic E-state index is -0.130. The van der Waals surface area contributed by atoms with Gasteiger partial charge in [0.15, 0.2) is 0 Å². The first-order valence-electron chi connectivity index (χ1n) is 8.30. The molecule has 0 fully saturated rings. The van der Waals surface area contributed by atoms with Crippen LogP contribution in [0.5, 0.6) is 11.6 Å². The summed E-state index contributed by atoms with van der Waals surface area (Å²) < 4.78 is 5.78. The summed E-state index contributed by atoms with van der Waals surface area (Å²) in [6, 6.07) is 9.17. The van der Waals surface area contributed by atoms with Crippen LogP contribution in [0, 0.1) is 6.92 Å². The van der Waals surface area contributed by atoms with Gasteiger partial charge in [0.05, 0.1) is 5.70 Å². The monoisotopic (exact) mass is 369 g/mol. The van der Waals surface area contributed by atoms with Gasteiger partial charge >= 0.3 is 0 Å². The molecule has 1 aliphatic rings. The molecule has 3 rings (SSSR count). The van der Waals surface area contributed by atoms with Crippen molar-refractivity contribution in [1.82, 2.24) is 15.2 Å². The van der Waals surface area contributed by atoms with Gasteiger partial charge in [-0.1, -0.05) is 18.2 Å². The maximum Gasteiger partial charge on any atom is 0.254 e. The van der Waals surface area contributed by atoms with Crippen molar-refractivity contribution in [1.29, 1.82) is 0 Å². The lowest BCUT2D eigenvalue weighted by Crippen LogP contribution is -2.40. The number of amides is 1. The summed E-state index contributed by atoms with van der Waals surface area (Å²) in [4.78, 5) is 18.3. The maximum atomic E-state index is 12.2. The van der Waals surface area contributed by atoms with Gasteiger partial charge < -0.3 is 15.0 Å². The first-order valence-corrected chi connectivity index (χ1v) is 8.68. The Morgan fingerprint density at radius 3 is 2.73 bits per heavy atom. The zero-order chi connectivity index (χ0) is 18.8. The van der Waals surface area contributed by atoms with Crippen molar-refractivity contribution in [3.05, 3.63) is 70.7 Å². The summed E-state index contributed by atoms with van der Waals surface area (Å²) in [6.07, 6.45) is 1.63. The first-order chi connectivity index (χ1) is 12.4. The second kappa shape index (κ2) is 7.22. The molecule has 1 N–H and O–H groups in total. The topological polar surface area (TPSA) is 54.5 Å². The number of ether oxygens (including phenoxy) is 1. The number of benzene rings is 1. The SMILES string of the molecule is C=C1NC(=O)C(C)=C(c2ccc(Oc3ncccc3Cl)cc2C)N1CC. The van der Waals surface area contributed by atoms with E-state index in [1.165, 1.54) is 0 Å². The molecule has 26 heavy (non-hydrogen) atoms. The minimum absolute atomic E-state index is 0.130. The molecule has 6 heteroatoms. The number of nitrogens with one attached hydrogen (secondary N) is 1. The number of halogens is 1. The Hall–Kier alpha value is -2.79. The fourth-order valence-corrected chi connectivity index (χ4v) is 3.12. The molecule has 2 aromatic rings. The number of carbonyl (C=O) groups is 1. The van der Waals surface area contributed by atoms with Gasteiger partial charge in [-0.05, 0) is 56.7 Å². The Morgan fingerprint density at radius 2 is 2.08 bits per heavy atom. The summed E-state index contributed by atoms with van der Waals surface area (Å²) in [7, 11) is 0. The highest BCUT2D eigenvalue weighted by atomic mass is 35.5. The molecular formula is C20H20ClN3O2. The molecule has 0 radical (unpaired) electrons. The van der Waals surface area contributed by atoms with Crippen molar-refractivity contribution in [2.45, 2.75) is 20.8 Å². The van der Waals surface area contributed by atoms with Gasteiger partial charge in [-0.2, -0.15) is 0 Å². The molecule has 0 spiro atoms. The molecule has 134 valence electrons. The largest absolute Gasteiger partial charge is 0.438 e. The average Bonchev–Trinajstić information content (AvgIpc) is 2.60. The number of hydrogen-bond donors (Lipinski definition) is 1. The van der Waals surface area contributed by atoms with Crippen molar-refractivity contribution in [3.8, 4) is 11.6 Å². The van der Waals surface area contributed by atoms with Crippen LogP contribution >= 0.6 is 11.6 Å². The molecule has 1 aromatic heterocycles. The molecule has 0 unspecified atom stereocenters. The molecule has 0 aliphatic carbocycles. The van der Waals surface area contributed by atoms with Crippen molar-refractivity contribution in [2.24, 2.45) is 0 Å². The predicted molar refractivity (Wildman–Crippen MR) is 103 cm³/mol. The molecule has 0 saturated carbocycles. The van der Waals surface area contributed by atoms with Crippen LogP contribution in [0.15, 0.2) is 54.5 Å². The smallest absolute Gasteiger partial charge is 0.254 e. The van der Waals surface area contributed by atoms with E-state index in [2.05, 4.69) is 16.9 Å². The van der Waals surface area contributed by atoms with Crippen molar-refractivity contribution < 1.29 is 9.53 Å². The van der Waals surface area contributed by atoms with Gasteiger partial charge in [0, 0.05) is 23.9 Å².